The first-order chi connectivity index (χ1) is 8.58. The lowest BCUT2D eigenvalue weighted by atomic mass is 10.0. The average Bonchev–Trinajstić information content (AvgIpc) is 2.37. The van der Waals surface area contributed by atoms with Crippen LogP contribution in [0.5, 0.6) is 0 Å². The fourth-order valence-electron chi connectivity index (χ4n) is 1.76. The van der Waals surface area contributed by atoms with Crippen LogP contribution in [-0.4, -0.2) is 37.6 Å². The third-order valence-corrected chi connectivity index (χ3v) is 2.90. The standard InChI is InChI=1S/C15H19NO2/c1-5-10-16(3)14(15(17)18-4)11-13-8-6-12(2)7-9-13/h1,6-9,14H,10-11H2,2-4H3. The molecule has 18 heavy (non-hydrogen) atoms. The molecule has 1 aromatic carbocycles. The largest absolute Gasteiger partial charge is 0.468 e. The minimum atomic E-state index is -0.339. The van der Waals surface area contributed by atoms with Crippen molar-refractivity contribution in [2.45, 2.75) is 19.4 Å². The first kappa shape index (κ1) is 14.3. The molecule has 0 bridgehead atoms. The molecule has 0 fully saturated rings. The van der Waals surface area contributed by atoms with Gasteiger partial charge in [-0.1, -0.05) is 35.7 Å². The van der Waals surface area contributed by atoms with Gasteiger partial charge in [0.05, 0.1) is 13.7 Å². The number of nitrogens with zero attached hydrogens (tertiary/aromatic N) is 1. The molecule has 1 rings (SSSR count). The van der Waals surface area contributed by atoms with E-state index in [4.69, 9.17) is 11.2 Å². The smallest absolute Gasteiger partial charge is 0.323 e. The summed E-state index contributed by atoms with van der Waals surface area (Å²) in [5.74, 6) is 2.28. The van der Waals surface area contributed by atoms with Gasteiger partial charge >= 0.3 is 5.97 Å². The van der Waals surface area contributed by atoms with Gasteiger partial charge in [0.2, 0.25) is 0 Å². The summed E-state index contributed by atoms with van der Waals surface area (Å²) in [5.41, 5.74) is 2.30. The number of methoxy groups -OCH3 is 1. The van der Waals surface area contributed by atoms with Crippen molar-refractivity contribution >= 4 is 5.97 Å². The van der Waals surface area contributed by atoms with Gasteiger partial charge in [0.15, 0.2) is 0 Å². The lowest BCUT2D eigenvalue weighted by Crippen LogP contribution is -2.41. The highest BCUT2D eigenvalue weighted by Crippen LogP contribution is 2.10. The molecular weight excluding hydrogens is 226 g/mol. The second kappa shape index (κ2) is 6.83. The second-order valence-corrected chi connectivity index (χ2v) is 4.35. The van der Waals surface area contributed by atoms with Gasteiger partial charge in [-0.05, 0) is 26.0 Å². The first-order valence-corrected chi connectivity index (χ1v) is 5.85. The van der Waals surface area contributed by atoms with Crippen molar-refractivity contribution in [1.82, 2.24) is 4.90 Å². The number of carbonyl (C=O) groups excluding carboxylic acids is 1. The number of aryl methyl sites for hydroxylation is 1. The van der Waals surface area contributed by atoms with E-state index in [1.807, 2.05) is 43.1 Å². The first-order valence-electron chi connectivity index (χ1n) is 5.85. The maximum atomic E-state index is 11.8. The van der Waals surface area contributed by atoms with Crippen LogP contribution in [0, 0.1) is 19.3 Å². The minimum absolute atomic E-state index is 0.256. The Bertz CT molecular complexity index is 431. The third-order valence-electron chi connectivity index (χ3n) is 2.90. The van der Waals surface area contributed by atoms with Crippen molar-refractivity contribution in [2.24, 2.45) is 0 Å². The summed E-state index contributed by atoms with van der Waals surface area (Å²) in [6.07, 6.45) is 5.88. The molecule has 96 valence electrons. The van der Waals surface area contributed by atoms with Crippen molar-refractivity contribution in [1.29, 1.82) is 0 Å². The molecule has 0 aliphatic carbocycles. The Morgan fingerprint density at radius 1 is 1.44 bits per heavy atom. The highest BCUT2D eigenvalue weighted by molar-refractivity contribution is 5.76. The Morgan fingerprint density at radius 3 is 2.56 bits per heavy atom. The van der Waals surface area contributed by atoms with E-state index in [0.29, 0.717) is 13.0 Å². The van der Waals surface area contributed by atoms with E-state index in [0.717, 1.165) is 5.56 Å². The molecule has 1 atom stereocenters. The molecule has 0 aromatic heterocycles. The molecule has 0 saturated heterocycles. The summed E-state index contributed by atoms with van der Waals surface area (Å²) in [7, 11) is 3.23. The Labute approximate surface area is 109 Å². The Balaban J connectivity index is 2.81. The average molecular weight is 245 g/mol. The van der Waals surface area contributed by atoms with E-state index in [-0.39, 0.29) is 12.0 Å². The van der Waals surface area contributed by atoms with Crippen LogP contribution < -0.4 is 0 Å². The molecule has 1 aromatic rings. The van der Waals surface area contributed by atoms with Crippen LogP contribution in [0.1, 0.15) is 11.1 Å². The highest BCUT2D eigenvalue weighted by atomic mass is 16.5. The molecule has 0 heterocycles. The lowest BCUT2D eigenvalue weighted by molar-refractivity contribution is -0.146. The van der Waals surface area contributed by atoms with Crippen LogP contribution in [0.25, 0.3) is 0 Å². The molecule has 0 spiro atoms. The van der Waals surface area contributed by atoms with Gasteiger partial charge in [-0.3, -0.25) is 9.69 Å². The summed E-state index contributed by atoms with van der Waals surface area (Å²) in [6, 6.07) is 7.77. The van der Waals surface area contributed by atoms with Crippen LogP contribution in [0.15, 0.2) is 24.3 Å². The molecule has 1 unspecified atom stereocenters. The fraction of sp³-hybridized carbons (Fsp3) is 0.400. The quantitative estimate of drug-likeness (QED) is 0.583. The Morgan fingerprint density at radius 2 is 2.06 bits per heavy atom. The van der Waals surface area contributed by atoms with E-state index in [2.05, 4.69) is 5.92 Å². The second-order valence-electron chi connectivity index (χ2n) is 4.35. The number of esters is 1. The fourth-order valence-corrected chi connectivity index (χ4v) is 1.76. The van der Waals surface area contributed by atoms with Crippen LogP contribution in [-0.2, 0) is 16.0 Å². The third kappa shape index (κ3) is 3.90. The zero-order valence-corrected chi connectivity index (χ0v) is 11.1. The molecule has 0 aliphatic rings. The van der Waals surface area contributed by atoms with Gasteiger partial charge in [-0.15, -0.1) is 6.42 Å². The Hall–Kier alpha value is -1.79. The van der Waals surface area contributed by atoms with Gasteiger partial charge < -0.3 is 4.74 Å². The Kier molecular flexibility index (Phi) is 5.41. The number of terminal acetylenes is 1. The van der Waals surface area contributed by atoms with Crippen molar-refractivity contribution in [3.8, 4) is 12.3 Å². The summed E-state index contributed by atoms with van der Waals surface area (Å²) in [5, 5.41) is 0. The topological polar surface area (TPSA) is 29.5 Å². The van der Waals surface area contributed by atoms with Crippen molar-refractivity contribution in [3.05, 3.63) is 35.4 Å². The van der Waals surface area contributed by atoms with Crippen molar-refractivity contribution in [3.63, 3.8) is 0 Å². The van der Waals surface area contributed by atoms with Gasteiger partial charge in [0, 0.05) is 0 Å². The molecule has 0 amide bonds. The van der Waals surface area contributed by atoms with Gasteiger partial charge in [-0.2, -0.15) is 0 Å². The number of rotatable bonds is 5. The number of hydrogen-bond acceptors (Lipinski definition) is 3. The molecule has 0 N–H and O–H groups in total. The van der Waals surface area contributed by atoms with E-state index >= 15 is 0 Å². The predicted molar refractivity (Wildman–Crippen MR) is 72.2 cm³/mol. The van der Waals surface area contributed by atoms with Gasteiger partial charge in [-0.25, -0.2) is 0 Å². The normalized spacial score (nSPS) is 11.9. The molecule has 0 aliphatic heterocycles. The zero-order valence-electron chi connectivity index (χ0n) is 11.1. The maximum Gasteiger partial charge on any atom is 0.323 e. The van der Waals surface area contributed by atoms with Gasteiger partial charge in [0.1, 0.15) is 6.04 Å². The minimum Gasteiger partial charge on any atom is -0.468 e. The molecule has 0 saturated carbocycles. The van der Waals surface area contributed by atoms with Crippen LogP contribution >= 0.6 is 0 Å². The zero-order chi connectivity index (χ0) is 13.5. The highest BCUT2D eigenvalue weighted by Gasteiger charge is 2.23. The summed E-state index contributed by atoms with van der Waals surface area (Å²) >= 11 is 0. The van der Waals surface area contributed by atoms with Crippen LogP contribution in [0.4, 0.5) is 0 Å². The lowest BCUT2D eigenvalue weighted by Gasteiger charge is -2.24. The van der Waals surface area contributed by atoms with E-state index < -0.39 is 0 Å². The van der Waals surface area contributed by atoms with E-state index in [1.165, 1.54) is 12.7 Å². The van der Waals surface area contributed by atoms with E-state index in [1.54, 1.807) is 0 Å². The molecular formula is C15H19NO2. The van der Waals surface area contributed by atoms with E-state index in [9.17, 15) is 4.79 Å². The summed E-state index contributed by atoms with van der Waals surface area (Å²) < 4.78 is 4.83. The predicted octanol–water partition coefficient (Wildman–Crippen LogP) is 1.64. The molecule has 0 radical (unpaired) electrons. The van der Waals surface area contributed by atoms with Gasteiger partial charge in [0.25, 0.3) is 0 Å². The molecule has 3 heteroatoms. The molecule has 3 nitrogen and oxygen atoms in total. The number of benzene rings is 1. The monoisotopic (exact) mass is 245 g/mol. The SMILES string of the molecule is C#CCN(C)C(Cc1ccc(C)cc1)C(=O)OC. The van der Waals surface area contributed by atoms with Crippen LogP contribution in [0.3, 0.4) is 0 Å². The number of ether oxygens (including phenoxy) is 1. The number of likely N-dealkylation sites (N-methyl/N-ethyl adjacent to an activating group) is 1. The van der Waals surface area contributed by atoms with Crippen molar-refractivity contribution < 1.29 is 9.53 Å². The number of carbonyl (C=O) groups is 1. The summed E-state index contributed by atoms with van der Waals surface area (Å²) in [6.45, 7) is 2.46. The maximum absolute atomic E-state index is 11.8. The number of hydrogen-bond donors (Lipinski definition) is 0. The van der Waals surface area contributed by atoms with Crippen molar-refractivity contribution in [2.75, 3.05) is 20.7 Å². The summed E-state index contributed by atoms with van der Waals surface area (Å²) in [4.78, 5) is 13.6. The van der Waals surface area contributed by atoms with Crippen LogP contribution in [0.2, 0.25) is 0 Å².